The quantitative estimate of drug-likeness (QED) is 0.158. The molecule has 0 aliphatic heterocycles. The summed E-state index contributed by atoms with van der Waals surface area (Å²) in [7, 11) is 4.34. The summed E-state index contributed by atoms with van der Waals surface area (Å²) in [6.45, 7) is 11.2. The van der Waals surface area contributed by atoms with Crippen molar-refractivity contribution in [2.45, 2.75) is 40.8 Å². The van der Waals surface area contributed by atoms with Crippen molar-refractivity contribution in [1.29, 1.82) is 0 Å². The molecule has 6 aromatic rings. The van der Waals surface area contributed by atoms with Crippen LogP contribution in [-0.4, -0.2) is 16.8 Å². The predicted octanol–water partition coefficient (Wildman–Crippen LogP) is 9.85. The predicted molar refractivity (Wildman–Crippen MR) is 173 cm³/mol. The van der Waals surface area contributed by atoms with Crippen molar-refractivity contribution >= 4 is 80.0 Å². The molecule has 0 atom stereocenters. The van der Waals surface area contributed by atoms with Gasteiger partial charge >= 0.3 is 24.8 Å². The van der Waals surface area contributed by atoms with Crippen molar-refractivity contribution < 1.29 is 0 Å². The molecule has 193 valence electrons. The molecule has 2 heterocycles. The Morgan fingerprint density at radius 2 is 0.974 bits per heavy atom. The van der Waals surface area contributed by atoms with Crippen molar-refractivity contribution in [3.8, 4) is 0 Å². The summed E-state index contributed by atoms with van der Waals surface area (Å²) in [5.41, 5.74) is 5.36. The van der Waals surface area contributed by atoms with Crippen LogP contribution in [0, 0.1) is 11.8 Å². The molecule has 3 nitrogen and oxygen atoms in total. The Bertz CT molecular complexity index is 1630. The molecule has 38 heavy (non-hydrogen) atoms. The second-order valence-corrected chi connectivity index (χ2v) is 11.5. The van der Waals surface area contributed by atoms with E-state index in [-0.39, 0.29) is 0 Å². The van der Waals surface area contributed by atoms with Gasteiger partial charge in [-0.1, -0.05) is 98.2 Å². The van der Waals surface area contributed by atoms with Crippen LogP contribution in [-0.2, 0) is 13.1 Å². The molecule has 0 saturated carbocycles. The van der Waals surface area contributed by atoms with Crippen LogP contribution in [0.25, 0.3) is 43.6 Å². The Labute approximate surface area is 240 Å². The van der Waals surface area contributed by atoms with Crippen LogP contribution in [0.15, 0.2) is 99.8 Å². The zero-order chi connectivity index (χ0) is 27.2. The van der Waals surface area contributed by atoms with Gasteiger partial charge in [-0.25, -0.2) is 0 Å². The minimum atomic E-state index is 0.646. The summed E-state index contributed by atoms with van der Waals surface area (Å²) >= 11 is 6.76. The van der Waals surface area contributed by atoms with E-state index < -0.39 is 0 Å². The molecule has 0 amide bonds. The Hall–Kier alpha value is -2.83. The zero-order valence-corrected chi connectivity index (χ0v) is 25.0. The summed E-state index contributed by atoms with van der Waals surface area (Å²) in [5, 5.41) is 5.41. The van der Waals surface area contributed by atoms with E-state index in [4.69, 9.17) is 0 Å². The zero-order valence-electron chi connectivity index (χ0n) is 22.5. The van der Waals surface area contributed by atoms with Crippen molar-refractivity contribution in [2.24, 2.45) is 16.1 Å². The molecule has 0 N–H and O–H groups in total. The number of aromatic nitrogens is 2. The number of thiol groups is 1. The van der Waals surface area contributed by atoms with Crippen LogP contribution >= 0.6 is 28.7 Å². The fourth-order valence-electron chi connectivity index (χ4n) is 5.15. The molecule has 4 aromatic carbocycles. The maximum atomic E-state index is 4.34. The van der Waals surface area contributed by atoms with Gasteiger partial charge in [0.1, 0.15) is 0 Å². The van der Waals surface area contributed by atoms with Gasteiger partial charge in [0.2, 0.25) is 0 Å². The number of benzene rings is 4. The molecule has 0 spiro atoms. The molecule has 6 heteroatoms. The summed E-state index contributed by atoms with van der Waals surface area (Å²) in [6.07, 6.45) is 0. The maximum absolute atomic E-state index is 4.34. The third-order valence-electron chi connectivity index (χ3n) is 6.51. The van der Waals surface area contributed by atoms with Gasteiger partial charge in [-0.05, 0) is 48.2 Å². The number of fused-ring (bicyclic) bond motifs is 6. The Morgan fingerprint density at radius 1 is 0.632 bits per heavy atom. The van der Waals surface area contributed by atoms with E-state index in [0.29, 0.717) is 11.8 Å². The van der Waals surface area contributed by atoms with Crippen LogP contribution in [0.5, 0.6) is 0 Å². The minimum absolute atomic E-state index is 0.646. The van der Waals surface area contributed by atoms with Gasteiger partial charge < -0.3 is 9.13 Å². The third-order valence-corrected chi connectivity index (χ3v) is 7.00. The average Bonchev–Trinajstić information content (AvgIpc) is 3.37. The van der Waals surface area contributed by atoms with Gasteiger partial charge in [-0.3, -0.25) is 0 Å². The van der Waals surface area contributed by atoms with E-state index in [9.17, 15) is 0 Å². The number of hydrogen-bond acceptors (Lipinski definition) is 2. The molecule has 0 saturated heterocycles. The van der Waals surface area contributed by atoms with Gasteiger partial charge in [0.15, 0.2) is 0 Å². The van der Waals surface area contributed by atoms with Crippen molar-refractivity contribution in [3.63, 3.8) is 0 Å². The molecule has 2 aromatic heterocycles. The summed E-state index contributed by atoms with van der Waals surface area (Å²) in [4.78, 5) is 0. The summed E-state index contributed by atoms with van der Waals surface area (Å²) in [6, 6.07) is 32.6. The van der Waals surface area contributed by atoms with Crippen LogP contribution in [0.4, 0.5) is 0 Å². The fourth-order valence-corrected chi connectivity index (χ4v) is 5.51. The molecular formula is C32H34BBrN3S. The third kappa shape index (κ3) is 6.08. The molecular weight excluding hydrogens is 549 g/mol. The molecule has 0 unspecified atom stereocenters. The average molecular weight is 583 g/mol. The van der Waals surface area contributed by atoms with E-state index in [1.54, 1.807) is 0 Å². The van der Waals surface area contributed by atoms with E-state index in [1.807, 2.05) is 0 Å². The van der Waals surface area contributed by atoms with Crippen LogP contribution in [0.3, 0.4) is 0 Å². The molecule has 6 rings (SSSR count). The Morgan fingerprint density at radius 3 is 1.37 bits per heavy atom. The molecule has 0 aliphatic carbocycles. The standard InChI is InChI=1S/C16H16BrN.C16H17N.BHNS/c1-11(2)10-18-15-6-4-3-5-13(15)14-9-12(17)7-8-16(14)18;1-12(2)11-17-15-9-5-3-7-13(15)14-8-4-6-10-16(14)17;1-2-3/h3-9,11H,10H2,1-2H3;3-10,12H,11H2,1-2H3;3H. The van der Waals surface area contributed by atoms with Crippen LogP contribution in [0.2, 0.25) is 0 Å². The van der Waals surface area contributed by atoms with E-state index >= 15 is 0 Å². The van der Waals surface area contributed by atoms with Gasteiger partial charge in [0.25, 0.3) is 0 Å². The first-order valence-electron chi connectivity index (χ1n) is 13.0. The van der Waals surface area contributed by atoms with Gasteiger partial charge in [-0.2, -0.15) is 0 Å². The Kier molecular flexibility index (Phi) is 9.51. The van der Waals surface area contributed by atoms with Gasteiger partial charge in [-0.15, -0.1) is 0 Å². The monoisotopic (exact) mass is 582 g/mol. The first-order valence-corrected chi connectivity index (χ1v) is 14.2. The molecule has 0 aliphatic rings. The number of halogens is 1. The van der Waals surface area contributed by atoms with Crippen molar-refractivity contribution in [3.05, 3.63) is 95.5 Å². The number of para-hydroxylation sites is 3. The molecule has 0 bridgehead atoms. The SMILES string of the molecule is CC(C)Cn1c2ccccc2c2cc(Br)ccc21.CC(C)Cn1c2ccccc2c2ccccc21.[B]=NS. The van der Waals surface area contributed by atoms with Crippen LogP contribution in [0.1, 0.15) is 27.7 Å². The summed E-state index contributed by atoms with van der Waals surface area (Å²) < 4.78 is 8.71. The van der Waals surface area contributed by atoms with Crippen molar-refractivity contribution in [1.82, 2.24) is 9.13 Å². The van der Waals surface area contributed by atoms with Crippen molar-refractivity contribution in [2.75, 3.05) is 0 Å². The second kappa shape index (κ2) is 12.8. The van der Waals surface area contributed by atoms with Gasteiger partial charge in [0, 0.05) is 61.2 Å². The summed E-state index contributed by atoms with van der Waals surface area (Å²) in [5.74, 6) is 1.31. The van der Waals surface area contributed by atoms with E-state index in [1.165, 1.54) is 43.6 Å². The topological polar surface area (TPSA) is 22.2 Å². The van der Waals surface area contributed by atoms with E-state index in [0.717, 1.165) is 17.6 Å². The number of nitrogens with zero attached hydrogens (tertiary/aromatic N) is 3. The second-order valence-electron chi connectivity index (χ2n) is 10.3. The molecule has 1 radical (unpaired) electrons. The normalized spacial score (nSPS) is 11.1. The first kappa shape index (κ1) is 28.2. The van der Waals surface area contributed by atoms with Crippen LogP contribution < -0.4 is 0 Å². The number of hydrogen-bond donors (Lipinski definition) is 1. The number of rotatable bonds is 4. The Balaban J connectivity index is 0.000000161. The fraction of sp³-hybridized carbons (Fsp3) is 0.250. The van der Waals surface area contributed by atoms with Gasteiger partial charge in [0.05, 0.1) is 0 Å². The van der Waals surface area contributed by atoms with E-state index in [2.05, 4.69) is 169 Å². The molecule has 0 fully saturated rings. The first-order chi connectivity index (χ1) is 18.3.